The minimum atomic E-state index is -0.916. The molecule has 6 rings (SSSR count). The fraction of sp³-hybridized carbons (Fsp3) is 0.321. The number of hydrogen-bond donors (Lipinski definition) is 0. The Morgan fingerprint density at radius 2 is 1.89 bits per heavy atom. The number of ether oxygens (including phenoxy) is 2. The van der Waals surface area contributed by atoms with Gasteiger partial charge in [0.25, 0.3) is 0 Å². The van der Waals surface area contributed by atoms with Gasteiger partial charge in [0, 0.05) is 41.9 Å². The van der Waals surface area contributed by atoms with Gasteiger partial charge >= 0.3 is 5.97 Å². The summed E-state index contributed by atoms with van der Waals surface area (Å²) in [6, 6.07) is 11.1. The molecule has 1 spiro atoms. The average molecular weight is 539 g/mol. The highest BCUT2D eigenvalue weighted by Gasteiger charge is 2.62. The van der Waals surface area contributed by atoms with Crippen molar-refractivity contribution in [2.45, 2.75) is 37.0 Å². The van der Waals surface area contributed by atoms with Gasteiger partial charge in [0.1, 0.15) is 0 Å². The van der Waals surface area contributed by atoms with Crippen molar-refractivity contribution in [1.29, 1.82) is 0 Å². The number of rotatable bonds is 4. The first-order chi connectivity index (χ1) is 18.2. The summed E-state index contributed by atoms with van der Waals surface area (Å²) >= 11 is 1.43. The Morgan fingerprint density at radius 3 is 2.63 bits per heavy atom. The van der Waals surface area contributed by atoms with Crippen molar-refractivity contribution in [2.24, 2.45) is 11.3 Å². The maximum atomic E-state index is 15.2. The number of halogens is 2. The number of thioether (sulfide) groups is 1. The molecule has 1 saturated carbocycles. The molecule has 38 heavy (non-hydrogen) atoms. The molecule has 3 heterocycles. The second-order valence-electron chi connectivity index (χ2n) is 9.95. The molecule has 10 heteroatoms. The number of carbonyl (C=O) groups excluding carboxylic acids is 2. The van der Waals surface area contributed by atoms with Crippen LogP contribution in [0.15, 0.2) is 58.4 Å². The standard InChI is InChI=1S/C28H24F2N2O5S/c1-15-11-28(15)13-32(31-10-9-21(34)26(25(31)27(28)35)37-14-36-16(2)33)24-17-7-8-20(29)23(30)19(17)12-38-22-6-4-3-5-18(22)24/h3-10,15,24H,11-14H2,1-2H3. The maximum Gasteiger partial charge on any atom is 0.305 e. The summed E-state index contributed by atoms with van der Waals surface area (Å²) in [6.07, 6.45) is 2.12. The molecular weight excluding hydrogens is 514 g/mol. The van der Waals surface area contributed by atoms with Crippen LogP contribution < -0.4 is 15.2 Å². The van der Waals surface area contributed by atoms with Crippen LogP contribution in [0, 0.1) is 23.0 Å². The Kier molecular flexibility index (Phi) is 5.82. The predicted octanol–water partition coefficient (Wildman–Crippen LogP) is 4.58. The first kappa shape index (κ1) is 24.7. The van der Waals surface area contributed by atoms with Gasteiger partial charge in [0.2, 0.25) is 12.2 Å². The minimum absolute atomic E-state index is 0.0442. The zero-order valence-corrected chi connectivity index (χ0v) is 21.5. The van der Waals surface area contributed by atoms with Crippen molar-refractivity contribution in [3.63, 3.8) is 0 Å². The topological polar surface area (TPSA) is 77.8 Å². The van der Waals surface area contributed by atoms with E-state index in [4.69, 9.17) is 9.47 Å². The first-order valence-electron chi connectivity index (χ1n) is 12.2. The molecule has 3 unspecified atom stereocenters. The maximum absolute atomic E-state index is 15.2. The van der Waals surface area contributed by atoms with E-state index < -0.39 is 41.3 Å². The molecule has 0 saturated heterocycles. The van der Waals surface area contributed by atoms with Gasteiger partial charge in [-0.3, -0.25) is 24.1 Å². The smallest absolute Gasteiger partial charge is 0.305 e. The Balaban J connectivity index is 1.58. The zero-order chi connectivity index (χ0) is 26.8. The van der Waals surface area contributed by atoms with Gasteiger partial charge in [-0.25, -0.2) is 8.78 Å². The van der Waals surface area contributed by atoms with E-state index in [-0.39, 0.29) is 34.5 Å². The van der Waals surface area contributed by atoms with Crippen molar-refractivity contribution in [2.75, 3.05) is 18.3 Å². The van der Waals surface area contributed by atoms with E-state index in [0.717, 1.165) is 16.5 Å². The molecule has 7 nitrogen and oxygen atoms in total. The number of ketones is 1. The molecule has 196 valence electrons. The van der Waals surface area contributed by atoms with Crippen molar-refractivity contribution in [3.8, 4) is 5.75 Å². The van der Waals surface area contributed by atoms with Crippen molar-refractivity contribution >= 4 is 23.5 Å². The zero-order valence-electron chi connectivity index (χ0n) is 20.7. The highest BCUT2D eigenvalue weighted by Crippen LogP contribution is 2.58. The number of Topliss-reactive ketones (excluding diaryl/α,β-unsaturated/α-hetero) is 1. The number of nitrogens with zero attached hydrogens (tertiary/aromatic N) is 2. The van der Waals surface area contributed by atoms with Gasteiger partial charge in [-0.1, -0.05) is 31.2 Å². The second-order valence-corrected chi connectivity index (χ2v) is 11.0. The lowest BCUT2D eigenvalue weighted by molar-refractivity contribution is -0.147. The lowest BCUT2D eigenvalue weighted by Gasteiger charge is -2.43. The van der Waals surface area contributed by atoms with Gasteiger partial charge in [-0.2, -0.15) is 0 Å². The number of aromatic nitrogens is 1. The normalized spacial score (nSPS) is 23.3. The molecule has 0 N–H and O–H groups in total. The van der Waals surface area contributed by atoms with E-state index in [9.17, 15) is 18.8 Å². The third-order valence-corrected chi connectivity index (χ3v) is 8.87. The van der Waals surface area contributed by atoms with E-state index >= 15 is 4.39 Å². The predicted molar refractivity (Wildman–Crippen MR) is 136 cm³/mol. The minimum Gasteiger partial charge on any atom is -0.451 e. The van der Waals surface area contributed by atoms with E-state index in [1.54, 1.807) is 10.7 Å². The highest BCUT2D eigenvalue weighted by molar-refractivity contribution is 7.98. The van der Waals surface area contributed by atoms with Gasteiger partial charge in [-0.15, -0.1) is 11.8 Å². The van der Waals surface area contributed by atoms with Crippen LogP contribution in [0.2, 0.25) is 0 Å². The Morgan fingerprint density at radius 1 is 1.13 bits per heavy atom. The number of benzene rings is 2. The van der Waals surface area contributed by atoms with Crippen molar-refractivity contribution in [3.05, 3.63) is 92.9 Å². The lowest BCUT2D eigenvalue weighted by atomic mass is 9.88. The Bertz CT molecular complexity index is 1560. The largest absolute Gasteiger partial charge is 0.451 e. The molecule has 1 aromatic heterocycles. The highest BCUT2D eigenvalue weighted by atomic mass is 32.2. The molecule has 2 aliphatic heterocycles. The van der Waals surface area contributed by atoms with E-state index in [1.807, 2.05) is 36.2 Å². The molecule has 3 aromatic rings. The van der Waals surface area contributed by atoms with E-state index in [1.165, 1.54) is 30.9 Å². The molecule has 3 atom stereocenters. The summed E-state index contributed by atoms with van der Waals surface area (Å²) < 4.78 is 41.5. The summed E-state index contributed by atoms with van der Waals surface area (Å²) in [4.78, 5) is 39.0. The molecule has 1 aliphatic carbocycles. The fourth-order valence-corrected chi connectivity index (χ4v) is 6.76. The van der Waals surface area contributed by atoms with Gasteiger partial charge in [-0.05, 0) is 35.6 Å². The van der Waals surface area contributed by atoms with Crippen molar-refractivity contribution < 1.29 is 27.8 Å². The monoisotopic (exact) mass is 538 g/mol. The number of pyridine rings is 1. The third kappa shape index (κ3) is 3.73. The summed E-state index contributed by atoms with van der Waals surface area (Å²) in [5, 5.41) is 1.94. The molecule has 3 aliphatic rings. The van der Waals surface area contributed by atoms with Crippen LogP contribution in [0.5, 0.6) is 5.75 Å². The van der Waals surface area contributed by atoms with Crippen LogP contribution in [0.3, 0.4) is 0 Å². The Hall–Kier alpha value is -3.66. The number of esters is 1. The van der Waals surface area contributed by atoms with Crippen LogP contribution >= 0.6 is 11.8 Å². The molecule has 0 bridgehead atoms. The number of fused-ring (bicyclic) bond motifs is 3. The molecular formula is C28H24F2N2O5S. The van der Waals surface area contributed by atoms with Gasteiger partial charge in [0.15, 0.2) is 28.9 Å². The quantitative estimate of drug-likeness (QED) is 0.356. The second kappa shape index (κ2) is 8.97. The molecule has 1 fully saturated rings. The number of hydrogen-bond acceptors (Lipinski definition) is 7. The summed E-state index contributed by atoms with van der Waals surface area (Å²) in [5.74, 6) is -2.53. The van der Waals surface area contributed by atoms with Crippen LogP contribution in [0.25, 0.3) is 0 Å². The Labute approximate surface area is 221 Å². The first-order valence-corrected chi connectivity index (χ1v) is 13.2. The van der Waals surface area contributed by atoms with Crippen LogP contribution in [0.4, 0.5) is 8.78 Å². The van der Waals surface area contributed by atoms with Crippen molar-refractivity contribution in [1.82, 2.24) is 4.68 Å². The summed E-state index contributed by atoms with van der Waals surface area (Å²) in [7, 11) is 0. The summed E-state index contributed by atoms with van der Waals surface area (Å²) in [5.41, 5.74) is 0.504. The summed E-state index contributed by atoms with van der Waals surface area (Å²) in [6.45, 7) is 2.99. The third-order valence-electron chi connectivity index (χ3n) is 7.75. The average Bonchev–Trinajstić information content (AvgIpc) is 3.58. The number of carbonyl (C=O) groups is 2. The van der Waals surface area contributed by atoms with Crippen LogP contribution in [0.1, 0.15) is 53.5 Å². The SMILES string of the molecule is CC(=O)OCOc1c2n(ccc1=O)N(C1c3ccccc3SCc3c1ccc(F)c3F)CC1(CC1C)C2=O. The lowest BCUT2D eigenvalue weighted by Crippen LogP contribution is -2.52. The van der Waals surface area contributed by atoms with Crippen LogP contribution in [-0.4, -0.2) is 29.8 Å². The molecule has 2 aromatic carbocycles. The molecule has 0 amide bonds. The van der Waals surface area contributed by atoms with Gasteiger partial charge < -0.3 is 9.47 Å². The van der Waals surface area contributed by atoms with Crippen LogP contribution in [-0.2, 0) is 15.3 Å². The van der Waals surface area contributed by atoms with E-state index in [2.05, 4.69) is 0 Å². The molecule has 0 radical (unpaired) electrons. The van der Waals surface area contributed by atoms with E-state index in [0.29, 0.717) is 18.5 Å². The fourth-order valence-electron chi connectivity index (χ4n) is 5.64. The van der Waals surface area contributed by atoms with Gasteiger partial charge in [0.05, 0.1) is 11.5 Å².